The first-order valence-electron chi connectivity index (χ1n) is 3.19. The van der Waals surface area contributed by atoms with Crippen LogP contribution >= 0.6 is 15.9 Å². The molecule has 0 bridgehead atoms. The smallest absolute Gasteiger partial charge is 0.268 e. The third-order valence-electron chi connectivity index (χ3n) is 1.16. The van der Waals surface area contributed by atoms with Gasteiger partial charge in [0.25, 0.3) is 5.56 Å². The molecule has 0 radical (unpaired) electrons. The maximum atomic E-state index is 11.8. The van der Waals surface area contributed by atoms with Crippen LogP contribution in [0.1, 0.15) is 0 Å². The van der Waals surface area contributed by atoms with Crippen LogP contribution in [0.4, 0.5) is 13.2 Å². The van der Waals surface area contributed by atoms with Gasteiger partial charge in [0.2, 0.25) is 0 Å². The lowest BCUT2D eigenvalue weighted by Crippen LogP contribution is -2.29. The van der Waals surface area contributed by atoms with Crippen molar-refractivity contribution in [1.82, 2.24) is 9.78 Å². The zero-order chi connectivity index (χ0) is 10.1. The molecule has 0 spiro atoms. The Labute approximate surface area is 79.3 Å². The fraction of sp³-hybridized carbons (Fsp3) is 0.333. The van der Waals surface area contributed by atoms with Gasteiger partial charge in [-0.2, -0.15) is 18.3 Å². The van der Waals surface area contributed by atoms with Gasteiger partial charge >= 0.3 is 6.18 Å². The van der Waals surface area contributed by atoms with E-state index in [-0.39, 0.29) is 4.60 Å². The van der Waals surface area contributed by atoms with Crippen LogP contribution in [-0.4, -0.2) is 16.0 Å². The largest absolute Gasteiger partial charge is 0.408 e. The van der Waals surface area contributed by atoms with Gasteiger partial charge in [-0.1, -0.05) is 0 Å². The summed E-state index contributed by atoms with van der Waals surface area (Å²) in [4.78, 5) is 10.8. The minimum Gasteiger partial charge on any atom is -0.268 e. The van der Waals surface area contributed by atoms with Crippen molar-refractivity contribution in [3.05, 3.63) is 27.1 Å². The molecule has 0 saturated carbocycles. The summed E-state index contributed by atoms with van der Waals surface area (Å²) in [6.07, 6.45) is -4.43. The molecule has 0 N–H and O–H groups in total. The van der Waals surface area contributed by atoms with Crippen molar-refractivity contribution in [3.63, 3.8) is 0 Å². The number of alkyl halides is 3. The molecule has 0 aromatic carbocycles. The monoisotopic (exact) mass is 256 g/mol. The van der Waals surface area contributed by atoms with E-state index in [0.717, 1.165) is 6.07 Å². The maximum Gasteiger partial charge on any atom is 0.408 e. The van der Waals surface area contributed by atoms with Crippen molar-refractivity contribution in [2.75, 3.05) is 0 Å². The lowest BCUT2D eigenvalue weighted by molar-refractivity contribution is -0.143. The van der Waals surface area contributed by atoms with Gasteiger partial charge in [0.05, 0.1) is 0 Å². The maximum absolute atomic E-state index is 11.8. The number of aromatic nitrogens is 2. The lowest BCUT2D eigenvalue weighted by Gasteiger charge is -2.07. The molecule has 1 aromatic heterocycles. The highest BCUT2D eigenvalue weighted by Crippen LogP contribution is 2.16. The Kier molecular flexibility index (Phi) is 2.74. The van der Waals surface area contributed by atoms with Crippen LogP contribution in [0, 0.1) is 0 Å². The van der Waals surface area contributed by atoms with Gasteiger partial charge in [-0.25, -0.2) is 4.68 Å². The Morgan fingerprint density at radius 2 is 2.08 bits per heavy atom. The molecule has 13 heavy (non-hydrogen) atoms. The summed E-state index contributed by atoms with van der Waals surface area (Å²) >= 11 is 2.87. The van der Waals surface area contributed by atoms with E-state index in [4.69, 9.17) is 0 Å². The Morgan fingerprint density at radius 3 is 2.62 bits per heavy atom. The molecule has 0 fully saturated rings. The predicted molar refractivity (Wildman–Crippen MR) is 42.3 cm³/mol. The topological polar surface area (TPSA) is 34.9 Å². The standard InChI is InChI=1S/C6H4BrF3N2O/c7-4-1-2-5(13)12(11-4)3-6(8,9)10/h1-2H,3H2. The number of hydrogen-bond acceptors (Lipinski definition) is 2. The van der Waals surface area contributed by atoms with Crippen molar-refractivity contribution in [2.45, 2.75) is 12.7 Å². The molecular weight excluding hydrogens is 253 g/mol. The molecule has 0 amide bonds. The van der Waals surface area contributed by atoms with Crippen molar-refractivity contribution in [3.8, 4) is 0 Å². The summed E-state index contributed by atoms with van der Waals surface area (Å²) in [5.74, 6) is 0. The molecule has 72 valence electrons. The first kappa shape index (κ1) is 10.2. The molecule has 0 unspecified atom stereocenters. The lowest BCUT2D eigenvalue weighted by atomic mass is 10.5. The molecule has 1 heterocycles. The summed E-state index contributed by atoms with van der Waals surface area (Å²) in [6.45, 7) is -1.37. The van der Waals surface area contributed by atoms with Crippen molar-refractivity contribution >= 4 is 15.9 Å². The molecule has 1 rings (SSSR count). The van der Waals surface area contributed by atoms with Crippen LogP contribution in [0.25, 0.3) is 0 Å². The van der Waals surface area contributed by atoms with Crippen LogP contribution in [0.15, 0.2) is 21.5 Å². The summed E-state index contributed by atoms with van der Waals surface area (Å²) in [5.41, 5.74) is -0.777. The predicted octanol–water partition coefficient (Wildman–Crippen LogP) is 1.57. The quantitative estimate of drug-likeness (QED) is 0.765. The molecule has 1 aromatic rings. The second kappa shape index (κ2) is 3.49. The van der Waals surface area contributed by atoms with Gasteiger partial charge in [0.1, 0.15) is 11.1 Å². The average molecular weight is 257 g/mol. The van der Waals surface area contributed by atoms with Crippen molar-refractivity contribution < 1.29 is 13.2 Å². The average Bonchev–Trinajstić information content (AvgIpc) is 1.94. The van der Waals surface area contributed by atoms with Gasteiger partial charge in [-0.15, -0.1) is 0 Å². The van der Waals surface area contributed by atoms with Crippen LogP contribution < -0.4 is 5.56 Å². The SMILES string of the molecule is O=c1ccc(Br)nn1CC(F)(F)F. The Bertz CT molecular complexity index is 360. The number of rotatable bonds is 1. The summed E-state index contributed by atoms with van der Waals surface area (Å²) in [5, 5.41) is 3.36. The molecular formula is C6H4BrF3N2O. The molecule has 0 aliphatic heterocycles. The highest BCUT2D eigenvalue weighted by Gasteiger charge is 2.29. The first-order chi connectivity index (χ1) is 5.88. The highest BCUT2D eigenvalue weighted by atomic mass is 79.9. The Morgan fingerprint density at radius 1 is 1.46 bits per heavy atom. The van der Waals surface area contributed by atoms with Crippen LogP contribution in [-0.2, 0) is 6.54 Å². The van der Waals surface area contributed by atoms with E-state index in [1.807, 2.05) is 0 Å². The minimum atomic E-state index is -4.43. The van der Waals surface area contributed by atoms with Gasteiger partial charge in [0, 0.05) is 6.07 Å². The first-order valence-corrected chi connectivity index (χ1v) is 3.98. The van der Waals surface area contributed by atoms with E-state index in [1.165, 1.54) is 6.07 Å². The molecule has 7 heteroatoms. The van der Waals surface area contributed by atoms with E-state index < -0.39 is 18.3 Å². The summed E-state index contributed by atoms with van der Waals surface area (Å²) in [7, 11) is 0. The molecule has 3 nitrogen and oxygen atoms in total. The van der Waals surface area contributed by atoms with Gasteiger partial charge in [-0.3, -0.25) is 4.79 Å². The summed E-state index contributed by atoms with van der Waals surface area (Å²) in [6, 6.07) is 2.30. The minimum absolute atomic E-state index is 0.191. The highest BCUT2D eigenvalue weighted by molar-refractivity contribution is 9.10. The van der Waals surface area contributed by atoms with Crippen molar-refractivity contribution in [2.24, 2.45) is 0 Å². The fourth-order valence-corrected chi connectivity index (χ4v) is 1.03. The molecule has 0 atom stereocenters. The zero-order valence-corrected chi connectivity index (χ0v) is 7.76. The van der Waals surface area contributed by atoms with Crippen molar-refractivity contribution in [1.29, 1.82) is 0 Å². The van der Waals surface area contributed by atoms with Gasteiger partial charge < -0.3 is 0 Å². The van der Waals surface area contributed by atoms with E-state index >= 15 is 0 Å². The van der Waals surface area contributed by atoms with Gasteiger partial charge in [0.15, 0.2) is 0 Å². The van der Waals surface area contributed by atoms with Crippen LogP contribution in [0.2, 0.25) is 0 Å². The van der Waals surface area contributed by atoms with E-state index in [9.17, 15) is 18.0 Å². The van der Waals surface area contributed by atoms with E-state index in [2.05, 4.69) is 21.0 Å². The third-order valence-corrected chi connectivity index (χ3v) is 1.59. The fourth-order valence-electron chi connectivity index (χ4n) is 0.707. The van der Waals surface area contributed by atoms with E-state index in [0.29, 0.717) is 4.68 Å². The summed E-state index contributed by atoms with van der Waals surface area (Å²) < 4.78 is 36.1. The molecule has 0 aliphatic rings. The third kappa shape index (κ3) is 3.17. The van der Waals surface area contributed by atoms with Gasteiger partial charge in [-0.05, 0) is 22.0 Å². The second-order valence-corrected chi connectivity index (χ2v) is 3.08. The Hall–Kier alpha value is -0.850. The number of nitrogens with zero attached hydrogens (tertiary/aromatic N) is 2. The van der Waals surface area contributed by atoms with E-state index in [1.54, 1.807) is 0 Å². The number of halogens is 4. The molecule has 0 aliphatic carbocycles. The second-order valence-electron chi connectivity index (χ2n) is 2.27. The number of hydrogen-bond donors (Lipinski definition) is 0. The molecule has 0 saturated heterocycles. The van der Waals surface area contributed by atoms with Crippen LogP contribution in [0.5, 0.6) is 0 Å². The van der Waals surface area contributed by atoms with Crippen LogP contribution in [0.3, 0.4) is 0 Å². The zero-order valence-electron chi connectivity index (χ0n) is 6.18. The Balaban J connectivity index is 3.01. The normalized spacial score (nSPS) is 11.7.